The van der Waals surface area contributed by atoms with Crippen LogP contribution in [0.25, 0.3) is 0 Å². The number of aliphatic hydroxyl groups excluding tert-OH is 1. The SMILES string of the molecule is CCc1ccc(SCC(O)C(=O)Nc2ccc(C#N)c(C(F)(F)F)c2)cc1. The number of hydrogen-bond donors (Lipinski definition) is 2. The third-order valence-electron chi connectivity index (χ3n) is 3.76. The molecule has 0 radical (unpaired) electrons. The minimum Gasteiger partial charge on any atom is -0.382 e. The van der Waals surface area contributed by atoms with Crippen molar-refractivity contribution in [1.82, 2.24) is 0 Å². The smallest absolute Gasteiger partial charge is 0.382 e. The molecular formula is C19H17F3N2O2S. The molecule has 0 aliphatic carbocycles. The number of halogens is 3. The highest BCUT2D eigenvalue weighted by Gasteiger charge is 2.34. The average Bonchev–Trinajstić information content (AvgIpc) is 2.65. The zero-order valence-electron chi connectivity index (χ0n) is 14.4. The van der Waals surface area contributed by atoms with Crippen molar-refractivity contribution >= 4 is 23.4 Å². The maximum Gasteiger partial charge on any atom is 0.417 e. The van der Waals surface area contributed by atoms with Gasteiger partial charge in [-0.25, -0.2) is 0 Å². The van der Waals surface area contributed by atoms with Crippen molar-refractivity contribution in [3.05, 3.63) is 59.2 Å². The van der Waals surface area contributed by atoms with Gasteiger partial charge in [-0.2, -0.15) is 18.4 Å². The standard InChI is InChI=1S/C19H17F3N2O2S/c1-2-12-3-7-15(8-4-12)27-11-17(25)18(26)24-14-6-5-13(10-23)16(9-14)19(20,21)22/h3-9,17,25H,2,11H2,1H3,(H,24,26). The van der Waals surface area contributed by atoms with Crippen molar-refractivity contribution in [3.8, 4) is 6.07 Å². The fourth-order valence-corrected chi connectivity index (χ4v) is 3.08. The van der Waals surface area contributed by atoms with E-state index in [1.165, 1.54) is 29.5 Å². The number of nitrogens with one attached hydrogen (secondary N) is 1. The van der Waals surface area contributed by atoms with Gasteiger partial charge < -0.3 is 10.4 Å². The number of amides is 1. The van der Waals surface area contributed by atoms with E-state index in [0.29, 0.717) is 6.07 Å². The lowest BCUT2D eigenvalue weighted by atomic mass is 10.1. The van der Waals surface area contributed by atoms with Crippen LogP contribution in [0.5, 0.6) is 0 Å². The van der Waals surface area contributed by atoms with E-state index in [1.807, 2.05) is 31.2 Å². The number of aliphatic hydroxyl groups is 1. The van der Waals surface area contributed by atoms with Gasteiger partial charge in [-0.1, -0.05) is 19.1 Å². The summed E-state index contributed by atoms with van der Waals surface area (Å²) in [5.74, 6) is -0.759. The Bertz CT molecular complexity index is 846. The molecule has 1 amide bonds. The Kier molecular flexibility index (Phi) is 6.88. The number of nitriles is 1. The molecule has 2 aromatic carbocycles. The lowest BCUT2D eigenvalue weighted by molar-refractivity contribution is -0.137. The fourth-order valence-electron chi connectivity index (χ4n) is 2.25. The van der Waals surface area contributed by atoms with E-state index < -0.39 is 29.3 Å². The third-order valence-corrected chi connectivity index (χ3v) is 4.84. The normalized spacial score (nSPS) is 12.3. The fraction of sp³-hybridized carbons (Fsp3) is 0.263. The molecule has 2 rings (SSSR count). The van der Waals surface area contributed by atoms with Gasteiger partial charge >= 0.3 is 6.18 Å². The molecule has 0 fully saturated rings. The first-order valence-corrected chi connectivity index (χ1v) is 9.05. The summed E-state index contributed by atoms with van der Waals surface area (Å²) in [7, 11) is 0. The van der Waals surface area contributed by atoms with Crippen molar-refractivity contribution in [2.24, 2.45) is 0 Å². The maximum atomic E-state index is 13.0. The number of hydrogen-bond acceptors (Lipinski definition) is 4. The van der Waals surface area contributed by atoms with E-state index in [2.05, 4.69) is 5.32 Å². The number of carbonyl (C=O) groups is 1. The average molecular weight is 394 g/mol. The molecule has 2 N–H and O–H groups in total. The number of benzene rings is 2. The molecule has 2 aromatic rings. The lowest BCUT2D eigenvalue weighted by Crippen LogP contribution is -2.29. The predicted octanol–water partition coefficient (Wildman–Crippen LogP) is 4.23. The molecule has 0 aliphatic heterocycles. The molecule has 1 unspecified atom stereocenters. The van der Waals surface area contributed by atoms with E-state index in [1.54, 1.807) is 0 Å². The molecule has 1 atom stereocenters. The summed E-state index contributed by atoms with van der Waals surface area (Å²) >= 11 is 1.27. The van der Waals surface area contributed by atoms with E-state index in [4.69, 9.17) is 5.26 Å². The molecule has 142 valence electrons. The quantitative estimate of drug-likeness (QED) is 0.719. The van der Waals surface area contributed by atoms with Crippen LogP contribution >= 0.6 is 11.8 Å². The minimum absolute atomic E-state index is 0.0553. The van der Waals surface area contributed by atoms with Crippen LogP contribution in [0.15, 0.2) is 47.4 Å². The molecule has 0 aromatic heterocycles. The van der Waals surface area contributed by atoms with Crippen LogP contribution in [-0.2, 0) is 17.4 Å². The van der Waals surface area contributed by atoms with Crippen LogP contribution in [0.1, 0.15) is 23.6 Å². The number of rotatable bonds is 6. The van der Waals surface area contributed by atoms with Gasteiger partial charge in [0.1, 0.15) is 6.10 Å². The van der Waals surface area contributed by atoms with Gasteiger partial charge in [-0.05, 0) is 42.3 Å². The van der Waals surface area contributed by atoms with Crippen LogP contribution in [0.2, 0.25) is 0 Å². The first-order valence-electron chi connectivity index (χ1n) is 8.06. The topological polar surface area (TPSA) is 73.1 Å². The monoisotopic (exact) mass is 394 g/mol. The summed E-state index contributed by atoms with van der Waals surface area (Å²) in [4.78, 5) is 12.9. The molecule has 0 bridgehead atoms. The number of aryl methyl sites for hydroxylation is 1. The summed E-state index contributed by atoms with van der Waals surface area (Å²) in [6, 6.07) is 12.0. The first-order chi connectivity index (χ1) is 12.7. The number of thioether (sulfide) groups is 1. The van der Waals surface area contributed by atoms with Gasteiger partial charge in [-0.15, -0.1) is 11.8 Å². The van der Waals surface area contributed by atoms with Crippen molar-refractivity contribution in [3.63, 3.8) is 0 Å². The number of nitrogens with zero attached hydrogens (tertiary/aromatic N) is 1. The largest absolute Gasteiger partial charge is 0.417 e. The summed E-state index contributed by atoms with van der Waals surface area (Å²) in [5.41, 5.74) is -0.642. The van der Waals surface area contributed by atoms with Crippen LogP contribution in [0, 0.1) is 11.3 Å². The molecule has 8 heteroatoms. The zero-order valence-corrected chi connectivity index (χ0v) is 15.2. The van der Waals surface area contributed by atoms with E-state index >= 15 is 0 Å². The Labute approximate surface area is 159 Å². The highest BCUT2D eigenvalue weighted by Crippen LogP contribution is 2.33. The Morgan fingerprint density at radius 3 is 2.48 bits per heavy atom. The summed E-state index contributed by atoms with van der Waals surface area (Å²) in [5, 5.41) is 21.0. The Balaban J connectivity index is 2.00. The molecule has 0 saturated carbocycles. The Morgan fingerprint density at radius 1 is 1.26 bits per heavy atom. The number of anilines is 1. The second kappa shape index (κ2) is 8.93. The molecule has 0 saturated heterocycles. The van der Waals surface area contributed by atoms with E-state index in [9.17, 15) is 23.1 Å². The molecule has 0 aliphatic rings. The van der Waals surface area contributed by atoms with Crippen LogP contribution in [0.4, 0.5) is 18.9 Å². The van der Waals surface area contributed by atoms with Gasteiger partial charge in [0.15, 0.2) is 0 Å². The predicted molar refractivity (Wildman–Crippen MR) is 97.3 cm³/mol. The van der Waals surface area contributed by atoms with Crippen LogP contribution in [0.3, 0.4) is 0 Å². The summed E-state index contributed by atoms with van der Waals surface area (Å²) in [6.07, 6.45) is -5.21. The van der Waals surface area contributed by atoms with Gasteiger partial charge in [0.05, 0.1) is 17.2 Å². The summed E-state index contributed by atoms with van der Waals surface area (Å²) in [6.45, 7) is 2.03. The van der Waals surface area contributed by atoms with Crippen LogP contribution < -0.4 is 5.32 Å². The van der Waals surface area contributed by atoms with Gasteiger partial charge in [0, 0.05) is 16.3 Å². The van der Waals surface area contributed by atoms with E-state index in [-0.39, 0.29) is 11.4 Å². The maximum absolute atomic E-state index is 13.0. The molecule has 27 heavy (non-hydrogen) atoms. The first kappa shape index (κ1) is 20.8. The van der Waals surface area contributed by atoms with Crippen LogP contribution in [-0.4, -0.2) is 22.9 Å². The third kappa shape index (κ3) is 5.74. The lowest BCUT2D eigenvalue weighted by Gasteiger charge is -2.14. The summed E-state index contributed by atoms with van der Waals surface area (Å²) < 4.78 is 38.9. The second-order valence-electron chi connectivity index (χ2n) is 5.68. The molecular weight excluding hydrogens is 377 g/mol. The Morgan fingerprint density at radius 2 is 1.93 bits per heavy atom. The molecule has 4 nitrogen and oxygen atoms in total. The minimum atomic E-state index is -4.72. The molecule has 0 spiro atoms. The van der Waals surface area contributed by atoms with Crippen molar-refractivity contribution in [2.75, 3.05) is 11.1 Å². The van der Waals surface area contributed by atoms with Gasteiger partial charge in [0.2, 0.25) is 0 Å². The van der Waals surface area contributed by atoms with Gasteiger partial charge in [0.25, 0.3) is 5.91 Å². The van der Waals surface area contributed by atoms with Crippen molar-refractivity contribution < 1.29 is 23.1 Å². The second-order valence-corrected chi connectivity index (χ2v) is 6.78. The number of carbonyl (C=O) groups excluding carboxylic acids is 1. The zero-order chi connectivity index (χ0) is 20.0. The molecule has 0 heterocycles. The number of alkyl halides is 3. The highest BCUT2D eigenvalue weighted by molar-refractivity contribution is 7.99. The van der Waals surface area contributed by atoms with Crippen molar-refractivity contribution in [2.45, 2.75) is 30.5 Å². The highest BCUT2D eigenvalue weighted by atomic mass is 32.2. The Hall–Kier alpha value is -2.50. The van der Waals surface area contributed by atoms with Crippen molar-refractivity contribution in [1.29, 1.82) is 5.26 Å². The van der Waals surface area contributed by atoms with Gasteiger partial charge in [-0.3, -0.25) is 4.79 Å². The van der Waals surface area contributed by atoms with E-state index in [0.717, 1.165) is 17.4 Å².